The van der Waals surface area contributed by atoms with E-state index < -0.39 is 5.97 Å². The molecule has 98 valence electrons. The number of carboxylic acids is 1. The van der Waals surface area contributed by atoms with Crippen LogP contribution in [0.3, 0.4) is 0 Å². The summed E-state index contributed by atoms with van der Waals surface area (Å²) >= 11 is 0. The molecular formula is C12H17N3O3. The maximum Gasteiger partial charge on any atom is 0.320 e. The highest BCUT2D eigenvalue weighted by Gasteiger charge is 2.35. The minimum Gasteiger partial charge on any atom is -0.481 e. The highest BCUT2D eigenvalue weighted by Crippen LogP contribution is 2.26. The second-order valence-electron chi connectivity index (χ2n) is 4.48. The predicted octanol–water partition coefficient (Wildman–Crippen LogP) is 1.29. The fourth-order valence-electron chi connectivity index (χ4n) is 2.23. The van der Waals surface area contributed by atoms with Gasteiger partial charge in [0.15, 0.2) is 0 Å². The second-order valence-corrected chi connectivity index (χ2v) is 4.48. The lowest BCUT2D eigenvalue weighted by atomic mass is 10.2. The first-order valence-corrected chi connectivity index (χ1v) is 5.96. The normalized spacial score (nSPS) is 19.6. The molecule has 0 spiro atoms. The molecule has 6 heteroatoms. The number of carbonyl (C=O) groups is 2. The molecule has 1 aromatic heterocycles. The minimum absolute atomic E-state index is 0.0253. The number of likely N-dealkylation sites (N-methyl/N-ethyl adjacent to an activating group) is 1. The summed E-state index contributed by atoms with van der Waals surface area (Å²) in [5.41, 5.74) is 1.01. The van der Waals surface area contributed by atoms with Crippen LogP contribution in [0.1, 0.15) is 24.6 Å². The van der Waals surface area contributed by atoms with E-state index in [2.05, 4.69) is 4.98 Å². The maximum atomic E-state index is 12.0. The van der Waals surface area contributed by atoms with E-state index in [1.54, 1.807) is 16.8 Å². The topological polar surface area (TPSA) is 76.6 Å². The average molecular weight is 251 g/mol. The minimum atomic E-state index is -0.823. The summed E-state index contributed by atoms with van der Waals surface area (Å²) in [5.74, 6) is -0.823. The Morgan fingerprint density at radius 2 is 2.39 bits per heavy atom. The van der Waals surface area contributed by atoms with Gasteiger partial charge in [0, 0.05) is 38.4 Å². The second kappa shape index (κ2) is 5.12. The highest BCUT2D eigenvalue weighted by molar-refractivity contribution is 5.77. The van der Waals surface area contributed by atoms with Gasteiger partial charge in [-0.3, -0.25) is 4.79 Å². The van der Waals surface area contributed by atoms with Crippen LogP contribution < -0.4 is 0 Å². The molecule has 1 aliphatic heterocycles. The van der Waals surface area contributed by atoms with Crippen molar-refractivity contribution < 1.29 is 14.7 Å². The molecule has 18 heavy (non-hydrogen) atoms. The summed E-state index contributed by atoms with van der Waals surface area (Å²) in [6.45, 7) is 1.10. The van der Waals surface area contributed by atoms with Crippen LogP contribution in [0, 0.1) is 0 Å². The monoisotopic (exact) mass is 251 g/mol. The third-order valence-electron chi connectivity index (χ3n) is 3.23. The fraction of sp³-hybridized carbons (Fsp3) is 0.500. The summed E-state index contributed by atoms with van der Waals surface area (Å²) in [7, 11) is 1.77. The Balaban J connectivity index is 1.95. The van der Waals surface area contributed by atoms with Crippen molar-refractivity contribution in [3.8, 4) is 0 Å². The smallest absolute Gasteiger partial charge is 0.320 e. The number of aliphatic carboxylic acids is 1. The standard InChI is InChI=1S/C12H17N3O3/c1-14-10(9-4-2-6-13-9)8-15(12(14)18)7-3-5-11(16)17/h2,4,6,10,13H,3,5,7-8H2,1H3,(H,16,17). The number of carboxylic acid groups (broad SMARTS) is 1. The van der Waals surface area contributed by atoms with E-state index in [0.717, 1.165) is 5.69 Å². The van der Waals surface area contributed by atoms with Gasteiger partial charge in [0.2, 0.25) is 0 Å². The number of hydrogen-bond donors (Lipinski definition) is 2. The van der Waals surface area contributed by atoms with Crippen molar-refractivity contribution in [1.29, 1.82) is 0 Å². The Kier molecular flexibility index (Phi) is 3.55. The van der Waals surface area contributed by atoms with Crippen LogP contribution in [0.2, 0.25) is 0 Å². The Morgan fingerprint density at radius 1 is 1.61 bits per heavy atom. The Bertz CT molecular complexity index is 430. The summed E-state index contributed by atoms with van der Waals surface area (Å²) in [6, 6.07) is 3.84. The van der Waals surface area contributed by atoms with E-state index >= 15 is 0 Å². The molecule has 0 saturated carbocycles. The van der Waals surface area contributed by atoms with Crippen molar-refractivity contribution in [2.24, 2.45) is 0 Å². The molecule has 0 aliphatic carbocycles. The van der Waals surface area contributed by atoms with Crippen LogP contribution >= 0.6 is 0 Å². The molecule has 2 rings (SSSR count). The molecule has 2 amide bonds. The van der Waals surface area contributed by atoms with Gasteiger partial charge in [-0.15, -0.1) is 0 Å². The molecule has 1 saturated heterocycles. The quantitative estimate of drug-likeness (QED) is 0.827. The first-order chi connectivity index (χ1) is 8.59. The summed E-state index contributed by atoms with van der Waals surface area (Å²) in [5, 5.41) is 8.59. The molecule has 0 radical (unpaired) electrons. The molecule has 2 N–H and O–H groups in total. The summed E-state index contributed by atoms with van der Waals surface area (Å²) in [4.78, 5) is 28.9. The zero-order chi connectivity index (χ0) is 13.1. The molecule has 1 fully saturated rings. The van der Waals surface area contributed by atoms with Crippen LogP contribution in [0.5, 0.6) is 0 Å². The number of nitrogens with zero attached hydrogens (tertiary/aromatic N) is 2. The largest absolute Gasteiger partial charge is 0.481 e. The van der Waals surface area contributed by atoms with Gasteiger partial charge in [-0.1, -0.05) is 0 Å². The number of aromatic nitrogens is 1. The van der Waals surface area contributed by atoms with Gasteiger partial charge in [-0.2, -0.15) is 0 Å². The van der Waals surface area contributed by atoms with Crippen molar-refractivity contribution in [2.45, 2.75) is 18.9 Å². The SMILES string of the molecule is CN1C(=O)N(CCCC(=O)O)CC1c1ccc[nH]1. The van der Waals surface area contributed by atoms with E-state index in [4.69, 9.17) is 5.11 Å². The zero-order valence-corrected chi connectivity index (χ0v) is 10.3. The van der Waals surface area contributed by atoms with Crippen molar-refractivity contribution >= 4 is 12.0 Å². The highest BCUT2D eigenvalue weighted by atomic mass is 16.4. The van der Waals surface area contributed by atoms with Crippen molar-refractivity contribution in [1.82, 2.24) is 14.8 Å². The van der Waals surface area contributed by atoms with Gasteiger partial charge in [0.05, 0.1) is 6.04 Å². The van der Waals surface area contributed by atoms with Crippen LogP contribution in [0.25, 0.3) is 0 Å². The molecule has 1 aromatic rings. The van der Waals surface area contributed by atoms with Crippen LogP contribution in [-0.4, -0.2) is 52.0 Å². The number of carbonyl (C=O) groups excluding carboxylic acids is 1. The number of H-pyrrole nitrogens is 1. The van der Waals surface area contributed by atoms with Gasteiger partial charge < -0.3 is 19.9 Å². The van der Waals surface area contributed by atoms with Gasteiger partial charge in [0.1, 0.15) is 0 Å². The predicted molar refractivity (Wildman–Crippen MR) is 65.1 cm³/mol. The number of aromatic amines is 1. The van der Waals surface area contributed by atoms with E-state index in [1.807, 2.05) is 18.3 Å². The van der Waals surface area contributed by atoms with E-state index in [9.17, 15) is 9.59 Å². The Hall–Kier alpha value is -1.98. The first kappa shape index (κ1) is 12.5. The van der Waals surface area contributed by atoms with E-state index in [0.29, 0.717) is 19.5 Å². The van der Waals surface area contributed by atoms with Gasteiger partial charge in [0.25, 0.3) is 0 Å². The first-order valence-electron chi connectivity index (χ1n) is 5.96. The van der Waals surface area contributed by atoms with Gasteiger partial charge >= 0.3 is 12.0 Å². The van der Waals surface area contributed by atoms with Crippen LogP contribution in [0.4, 0.5) is 4.79 Å². The van der Waals surface area contributed by atoms with E-state index in [-0.39, 0.29) is 18.5 Å². The third kappa shape index (κ3) is 2.47. The molecule has 2 heterocycles. The number of hydrogen-bond acceptors (Lipinski definition) is 2. The lowest BCUT2D eigenvalue weighted by molar-refractivity contribution is -0.137. The Morgan fingerprint density at radius 3 is 3.00 bits per heavy atom. The summed E-state index contributed by atoms with van der Waals surface area (Å²) < 4.78 is 0. The molecule has 1 aliphatic rings. The molecule has 6 nitrogen and oxygen atoms in total. The maximum absolute atomic E-state index is 12.0. The van der Waals surface area contributed by atoms with Gasteiger partial charge in [-0.25, -0.2) is 4.79 Å². The van der Waals surface area contributed by atoms with Crippen LogP contribution in [0.15, 0.2) is 18.3 Å². The molecule has 1 atom stereocenters. The average Bonchev–Trinajstić information content (AvgIpc) is 2.92. The lowest BCUT2D eigenvalue weighted by Gasteiger charge is -2.16. The number of urea groups is 1. The number of rotatable bonds is 5. The zero-order valence-electron chi connectivity index (χ0n) is 10.3. The molecular weight excluding hydrogens is 234 g/mol. The van der Waals surface area contributed by atoms with Crippen molar-refractivity contribution in [2.75, 3.05) is 20.1 Å². The van der Waals surface area contributed by atoms with Crippen molar-refractivity contribution in [3.05, 3.63) is 24.0 Å². The fourth-order valence-corrected chi connectivity index (χ4v) is 2.23. The van der Waals surface area contributed by atoms with Crippen LogP contribution in [-0.2, 0) is 4.79 Å². The van der Waals surface area contributed by atoms with Crippen molar-refractivity contribution in [3.63, 3.8) is 0 Å². The van der Waals surface area contributed by atoms with Gasteiger partial charge in [-0.05, 0) is 18.6 Å². The number of amides is 2. The Labute approximate surface area is 105 Å². The molecule has 1 unspecified atom stereocenters. The molecule has 0 aromatic carbocycles. The lowest BCUT2D eigenvalue weighted by Crippen LogP contribution is -2.30. The van der Waals surface area contributed by atoms with E-state index in [1.165, 1.54) is 0 Å². The third-order valence-corrected chi connectivity index (χ3v) is 3.23. The summed E-state index contributed by atoms with van der Waals surface area (Å²) in [6.07, 6.45) is 2.42. The number of nitrogens with one attached hydrogen (secondary N) is 1. The molecule has 0 bridgehead atoms.